The van der Waals surface area contributed by atoms with Crippen molar-refractivity contribution in [2.75, 3.05) is 5.43 Å². The molecule has 0 unspecified atom stereocenters. The van der Waals surface area contributed by atoms with Crippen LogP contribution < -0.4 is 16.4 Å². The van der Waals surface area contributed by atoms with Crippen molar-refractivity contribution in [3.05, 3.63) is 75.6 Å². The maximum absolute atomic E-state index is 14.3. The van der Waals surface area contributed by atoms with Crippen LogP contribution in [0, 0.1) is 6.92 Å². The van der Waals surface area contributed by atoms with Crippen LogP contribution >= 0.6 is 0 Å². The Morgan fingerprint density at radius 2 is 1.79 bits per heavy atom. The van der Waals surface area contributed by atoms with E-state index in [-0.39, 0.29) is 16.9 Å². The summed E-state index contributed by atoms with van der Waals surface area (Å²) in [6.07, 6.45) is 6.66. The molecule has 2 aliphatic carbocycles. The average molecular weight is 443 g/mol. The van der Waals surface area contributed by atoms with Crippen LogP contribution in [0.1, 0.15) is 62.1 Å². The number of benzene rings is 2. The number of aryl methyl sites for hydroxylation is 1. The van der Waals surface area contributed by atoms with Gasteiger partial charge in [0.25, 0.3) is 5.56 Å². The molecule has 0 aliphatic heterocycles. The number of aromatic nitrogens is 2. The van der Waals surface area contributed by atoms with Gasteiger partial charge >= 0.3 is 0 Å². The molecule has 5 rings (SSSR count). The van der Waals surface area contributed by atoms with Crippen LogP contribution in [0.3, 0.4) is 0 Å². The molecule has 0 radical (unpaired) electrons. The Morgan fingerprint density at radius 3 is 2.52 bits per heavy atom. The molecule has 6 nitrogen and oxygen atoms in total. The molecule has 2 aromatic carbocycles. The number of hydrazine groups is 1. The van der Waals surface area contributed by atoms with Crippen molar-refractivity contribution in [1.82, 2.24) is 15.0 Å². The number of anilines is 1. The SMILES string of the molecule is CCC(=O)NNc1nc2c(c(=O)n1-c1ccc(C)cc1)C1(CCCCC1)Cc1ccccc1-2. The standard InChI is InChI=1S/C27H30N4O2/c1-3-22(32)29-30-26-28-24-21-10-6-5-9-19(21)17-27(15-7-4-8-16-27)23(24)25(33)31(26)20-13-11-18(2)12-14-20/h5-6,9-14H,3-4,7-8,15-17H2,1-2H3,(H,28,30)(H,29,32). The van der Waals surface area contributed by atoms with Gasteiger partial charge in [0.15, 0.2) is 0 Å². The topological polar surface area (TPSA) is 76.0 Å². The molecule has 0 atom stereocenters. The van der Waals surface area contributed by atoms with Crippen molar-refractivity contribution in [1.29, 1.82) is 0 Å². The van der Waals surface area contributed by atoms with Crippen LogP contribution in [0.4, 0.5) is 5.95 Å². The summed E-state index contributed by atoms with van der Waals surface area (Å²) >= 11 is 0. The lowest BCUT2D eigenvalue weighted by atomic mass is 9.62. The highest BCUT2D eigenvalue weighted by atomic mass is 16.2. The second-order valence-electron chi connectivity index (χ2n) is 9.34. The van der Waals surface area contributed by atoms with Gasteiger partial charge in [-0.1, -0.05) is 68.1 Å². The Balaban J connectivity index is 1.78. The van der Waals surface area contributed by atoms with Gasteiger partial charge in [0.05, 0.1) is 16.9 Å². The predicted octanol–water partition coefficient (Wildman–Crippen LogP) is 4.82. The summed E-state index contributed by atoms with van der Waals surface area (Å²) in [5.41, 5.74) is 11.1. The number of nitrogens with zero attached hydrogens (tertiary/aromatic N) is 2. The Labute approximate surface area is 194 Å². The second-order valence-corrected chi connectivity index (χ2v) is 9.34. The number of hydrogen-bond donors (Lipinski definition) is 2. The molecule has 1 aromatic heterocycles. The number of amides is 1. The average Bonchev–Trinajstić information content (AvgIpc) is 2.83. The van der Waals surface area contributed by atoms with E-state index >= 15 is 0 Å². The Hall–Kier alpha value is -3.41. The third kappa shape index (κ3) is 3.73. The van der Waals surface area contributed by atoms with E-state index < -0.39 is 0 Å². The zero-order chi connectivity index (χ0) is 23.0. The first-order valence-corrected chi connectivity index (χ1v) is 11.9. The molecule has 0 bridgehead atoms. The minimum Gasteiger partial charge on any atom is -0.273 e. The van der Waals surface area contributed by atoms with Gasteiger partial charge in [-0.15, -0.1) is 0 Å². The van der Waals surface area contributed by atoms with Gasteiger partial charge in [-0.2, -0.15) is 0 Å². The summed E-state index contributed by atoms with van der Waals surface area (Å²) in [5.74, 6) is 0.161. The maximum atomic E-state index is 14.3. The van der Waals surface area contributed by atoms with Gasteiger partial charge < -0.3 is 0 Å². The fraction of sp³-hybridized carbons (Fsp3) is 0.370. The van der Waals surface area contributed by atoms with E-state index in [4.69, 9.17) is 4.98 Å². The van der Waals surface area contributed by atoms with Crippen molar-refractivity contribution in [2.24, 2.45) is 0 Å². The van der Waals surface area contributed by atoms with Gasteiger partial charge in [-0.3, -0.25) is 20.4 Å². The second kappa shape index (κ2) is 8.50. The monoisotopic (exact) mass is 442 g/mol. The molecule has 2 aliphatic rings. The summed E-state index contributed by atoms with van der Waals surface area (Å²) in [6, 6.07) is 16.1. The molecular weight excluding hydrogens is 412 g/mol. The van der Waals surface area contributed by atoms with E-state index in [0.717, 1.165) is 60.2 Å². The quantitative estimate of drug-likeness (QED) is 0.568. The summed E-state index contributed by atoms with van der Waals surface area (Å²) < 4.78 is 1.62. The summed E-state index contributed by atoms with van der Waals surface area (Å²) in [4.78, 5) is 31.3. The normalized spacial score (nSPS) is 16.1. The molecule has 3 aromatic rings. The number of nitrogens with one attached hydrogen (secondary N) is 2. The molecular formula is C27H30N4O2. The van der Waals surface area contributed by atoms with E-state index in [0.29, 0.717) is 12.4 Å². The minimum atomic E-state index is -0.191. The lowest BCUT2D eigenvalue weighted by Crippen LogP contribution is -2.43. The lowest BCUT2D eigenvalue weighted by Gasteiger charge is -2.42. The number of fused-ring (bicyclic) bond motifs is 4. The van der Waals surface area contributed by atoms with Crippen molar-refractivity contribution >= 4 is 11.9 Å². The third-order valence-corrected chi connectivity index (χ3v) is 7.15. The van der Waals surface area contributed by atoms with E-state index in [2.05, 4.69) is 29.1 Å². The van der Waals surface area contributed by atoms with Crippen LogP contribution in [0.25, 0.3) is 16.9 Å². The van der Waals surface area contributed by atoms with Crippen molar-refractivity contribution in [2.45, 2.75) is 64.2 Å². The molecule has 1 spiro atoms. The van der Waals surface area contributed by atoms with Gasteiger partial charge in [0, 0.05) is 17.4 Å². The van der Waals surface area contributed by atoms with E-state index in [9.17, 15) is 9.59 Å². The van der Waals surface area contributed by atoms with E-state index in [1.165, 1.54) is 12.0 Å². The summed E-state index contributed by atoms with van der Waals surface area (Å²) in [5, 5.41) is 0. The van der Waals surface area contributed by atoms with E-state index in [1.54, 1.807) is 11.5 Å². The van der Waals surface area contributed by atoms with E-state index in [1.807, 2.05) is 37.3 Å². The molecule has 170 valence electrons. The van der Waals surface area contributed by atoms with Crippen LogP contribution in [-0.2, 0) is 16.6 Å². The molecule has 1 saturated carbocycles. The molecule has 2 N–H and O–H groups in total. The smallest absolute Gasteiger partial charge is 0.263 e. The van der Waals surface area contributed by atoms with Crippen LogP contribution in [0.15, 0.2) is 53.3 Å². The van der Waals surface area contributed by atoms with Crippen LogP contribution in [-0.4, -0.2) is 15.5 Å². The predicted molar refractivity (Wildman–Crippen MR) is 131 cm³/mol. The Kier molecular flexibility index (Phi) is 5.52. The molecule has 33 heavy (non-hydrogen) atoms. The Bertz CT molecular complexity index is 1250. The fourth-order valence-electron chi connectivity index (χ4n) is 5.44. The first kappa shape index (κ1) is 21.4. The molecule has 1 heterocycles. The zero-order valence-corrected chi connectivity index (χ0v) is 19.3. The molecule has 6 heteroatoms. The highest BCUT2D eigenvalue weighted by Gasteiger charge is 2.43. The van der Waals surface area contributed by atoms with Gasteiger partial charge in [0.1, 0.15) is 0 Å². The zero-order valence-electron chi connectivity index (χ0n) is 19.3. The van der Waals surface area contributed by atoms with Crippen molar-refractivity contribution in [3.8, 4) is 16.9 Å². The number of rotatable bonds is 4. The summed E-state index contributed by atoms with van der Waals surface area (Å²) in [6.45, 7) is 3.81. The minimum absolute atomic E-state index is 0.0477. The molecule has 1 fully saturated rings. The first-order chi connectivity index (χ1) is 16.0. The number of hydrogen-bond acceptors (Lipinski definition) is 4. The summed E-state index contributed by atoms with van der Waals surface area (Å²) in [7, 11) is 0. The van der Waals surface area contributed by atoms with Gasteiger partial charge in [-0.05, 0) is 43.9 Å². The third-order valence-electron chi connectivity index (χ3n) is 7.15. The highest BCUT2D eigenvalue weighted by Crippen LogP contribution is 2.48. The number of carbonyl (C=O) groups is 1. The van der Waals surface area contributed by atoms with Gasteiger partial charge in [-0.25, -0.2) is 9.55 Å². The molecule has 1 amide bonds. The van der Waals surface area contributed by atoms with Gasteiger partial charge in [0.2, 0.25) is 11.9 Å². The highest BCUT2D eigenvalue weighted by molar-refractivity contribution is 5.77. The van der Waals surface area contributed by atoms with Crippen LogP contribution in [0.5, 0.6) is 0 Å². The number of carbonyl (C=O) groups excluding carboxylic acids is 1. The van der Waals surface area contributed by atoms with Crippen molar-refractivity contribution in [3.63, 3.8) is 0 Å². The lowest BCUT2D eigenvalue weighted by molar-refractivity contribution is -0.120. The van der Waals surface area contributed by atoms with Crippen molar-refractivity contribution < 1.29 is 4.79 Å². The molecule has 0 saturated heterocycles. The van der Waals surface area contributed by atoms with Crippen LogP contribution in [0.2, 0.25) is 0 Å². The fourth-order valence-corrected chi connectivity index (χ4v) is 5.44. The Morgan fingerprint density at radius 1 is 1.06 bits per heavy atom. The first-order valence-electron chi connectivity index (χ1n) is 11.9. The maximum Gasteiger partial charge on any atom is 0.263 e. The largest absolute Gasteiger partial charge is 0.273 e.